The highest BCUT2D eigenvalue weighted by atomic mass is 32.2. The van der Waals surface area contributed by atoms with Gasteiger partial charge < -0.3 is 5.11 Å². The smallest absolute Gasteiger partial charge is 0.331 e. The van der Waals surface area contributed by atoms with Crippen LogP contribution < -0.4 is 0 Å². The number of aryl methyl sites for hydroxylation is 1. The average molecular weight is 226 g/mol. The van der Waals surface area contributed by atoms with Crippen LogP contribution in [0.25, 0.3) is 0 Å². The van der Waals surface area contributed by atoms with Crippen LogP contribution in [0.15, 0.2) is 12.4 Å². The predicted octanol–water partition coefficient (Wildman–Crippen LogP) is 1.50. The van der Waals surface area contributed by atoms with Crippen molar-refractivity contribution in [3.05, 3.63) is 18.0 Å². The molecule has 1 saturated heterocycles. The molecule has 0 bridgehead atoms. The molecule has 1 aromatic heterocycles. The van der Waals surface area contributed by atoms with Crippen molar-refractivity contribution in [2.75, 3.05) is 11.5 Å². The van der Waals surface area contributed by atoms with Gasteiger partial charge in [0.25, 0.3) is 0 Å². The molecule has 0 atom stereocenters. The van der Waals surface area contributed by atoms with E-state index >= 15 is 0 Å². The van der Waals surface area contributed by atoms with Crippen LogP contribution in [0, 0.1) is 6.92 Å². The molecule has 2 heterocycles. The minimum Gasteiger partial charge on any atom is -0.479 e. The van der Waals surface area contributed by atoms with E-state index < -0.39 is 11.5 Å². The maximum atomic E-state index is 11.4. The fourth-order valence-electron chi connectivity index (χ4n) is 1.90. The molecule has 1 N–H and O–H groups in total. The molecular formula is C10H14N2O2S. The Morgan fingerprint density at radius 1 is 1.60 bits per heavy atom. The lowest BCUT2D eigenvalue weighted by Gasteiger charge is -2.33. The van der Waals surface area contributed by atoms with Crippen molar-refractivity contribution in [2.45, 2.75) is 25.3 Å². The minimum absolute atomic E-state index is 0.661. The lowest BCUT2D eigenvalue weighted by molar-refractivity contribution is -0.148. The number of nitrogens with zero attached hydrogens (tertiary/aromatic N) is 2. The topological polar surface area (TPSA) is 55.1 Å². The van der Waals surface area contributed by atoms with Crippen LogP contribution in [0.3, 0.4) is 0 Å². The first-order chi connectivity index (χ1) is 7.15. The predicted molar refractivity (Wildman–Crippen MR) is 59.1 cm³/mol. The quantitative estimate of drug-likeness (QED) is 0.830. The normalized spacial score (nSPS) is 20.1. The summed E-state index contributed by atoms with van der Waals surface area (Å²) in [6.45, 7) is 1.93. The van der Waals surface area contributed by atoms with Gasteiger partial charge in [-0.2, -0.15) is 16.9 Å². The van der Waals surface area contributed by atoms with Crippen molar-refractivity contribution in [1.82, 2.24) is 9.78 Å². The van der Waals surface area contributed by atoms with E-state index in [1.807, 2.05) is 24.9 Å². The highest BCUT2D eigenvalue weighted by Gasteiger charge is 2.42. The first-order valence-electron chi connectivity index (χ1n) is 4.98. The van der Waals surface area contributed by atoms with Gasteiger partial charge in [0.15, 0.2) is 5.54 Å². The fourth-order valence-corrected chi connectivity index (χ4v) is 3.07. The van der Waals surface area contributed by atoms with Crippen molar-refractivity contribution < 1.29 is 9.90 Å². The molecule has 1 aliphatic rings. The van der Waals surface area contributed by atoms with E-state index in [2.05, 4.69) is 5.10 Å². The molecule has 2 rings (SSSR count). The summed E-state index contributed by atoms with van der Waals surface area (Å²) < 4.78 is 1.63. The van der Waals surface area contributed by atoms with E-state index in [0.29, 0.717) is 12.8 Å². The molecule has 1 fully saturated rings. The van der Waals surface area contributed by atoms with Gasteiger partial charge in [-0.1, -0.05) is 0 Å². The molecule has 5 heteroatoms. The van der Waals surface area contributed by atoms with E-state index in [4.69, 9.17) is 0 Å². The molecule has 0 saturated carbocycles. The molecule has 82 valence electrons. The van der Waals surface area contributed by atoms with Crippen LogP contribution >= 0.6 is 11.8 Å². The molecule has 1 aromatic rings. The molecule has 0 aromatic carbocycles. The maximum Gasteiger partial charge on any atom is 0.331 e. The third kappa shape index (κ3) is 1.76. The fraction of sp³-hybridized carbons (Fsp3) is 0.600. The zero-order chi connectivity index (χ0) is 10.9. The van der Waals surface area contributed by atoms with Gasteiger partial charge >= 0.3 is 5.97 Å². The Labute approximate surface area is 92.7 Å². The number of rotatable bonds is 2. The summed E-state index contributed by atoms with van der Waals surface area (Å²) in [5.74, 6) is 1.03. The summed E-state index contributed by atoms with van der Waals surface area (Å²) in [6, 6.07) is 0. The number of carboxylic acid groups (broad SMARTS) is 1. The summed E-state index contributed by atoms with van der Waals surface area (Å²) in [7, 11) is 0. The van der Waals surface area contributed by atoms with Gasteiger partial charge in [0.05, 0.1) is 6.20 Å². The first kappa shape index (κ1) is 10.5. The number of carbonyl (C=O) groups is 1. The van der Waals surface area contributed by atoms with E-state index in [1.165, 1.54) is 0 Å². The molecule has 4 nitrogen and oxygen atoms in total. The summed E-state index contributed by atoms with van der Waals surface area (Å²) in [6.07, 6.45) is 4.86. The standard InChI is InChI=1S/C10H14N2O2S/c1-8-6-11-12(7-8)10(9(13)14)2-4-15-5-3-10/h6-7H,2-5H2,1H3,(H,13,14). The highest BCUT2D eigenvalue weighted by molar-refractivity contribution is 7.99. The Bertz CT molecular complexity index is 369. The van der Waals surface area contributed by atoms with E-state index in [1.54, 1.807) is 10.9 Å². The van der Waals surface area contributed by atoms with E-state index in [9.17, 15) is 9.90 Å². The van der Waals surface area contributed by atoms with Crippen LogP contribution in [0.5, 0.6) is 0 Å². The Morgan fingerprint density at radius 2 is 2.27 bits per heavy atom. The van der Waals surface area contributed by atoms with Crippen molar-refractivity contribution >= 4 is 17.7 Å². The van der Waals surface area contributed by atoms with E-state index in [-0.39, 0.29) is 0 Å². The van der Waals surface area contributed by atoms with Crippen LogP contribution in [0.1, 0.15) is 18.4 Å². The minimum atomic E-state index is -0.806. The van der Waals surface area contributed by atoms with Crippen LogP contribution in [-0.2, 0) is 10.3 Å². The molecule has 0 amide bonds. The second-order valence-electron chi connectivity index (χ2n) is 3.91. The maximum absolute atomic E-state index is 11.4. The van der Waals surface area contributed by atoms with Gasteiger partial charge in [0.2, 0.25) is 0 Å². The zero-order valence-corrected chi connectivity index (χ0v) is 9.46. The monoisotopic (exact) mass is 226 g/mol. The van der Waals surface area contributed by atoms with Gasteiger partial charge in [-0.3, -0.25) is 4.68 Å². The van der Waals surface area contributed by atoms with Crippen LogP contribution in [0.4, 0.5) is 0 Å². The lowest BCUT2D eigenvalue weighted by atomic mass is 9.92. The molecule has 15 heavy (non-hydrogen) atoms. The number of carboxylic acids is 1. The van der Waals surface area contributed by atoms with Crippen LogP contribution in [-0.4, -0.2) is 32.4 Å². The largest absolute Gasteiger partial charge is 0.479 e. The SMILES string of the molecule is Cc1cnn(C2(C(=O)O)CCSCC2)c1. The summed E-state index contributed by atoms with van der Waals surface area (Å²) >= 11 is 1.81. The number of aliphatic carboxylic acids is 1. The first-order valence-corrected chi connectivity index (χ1v) is 6.13. The van der Waals surface area contributed by atoms with Gasteiger partial charge in [0.1, 0.15) is 0 Å². The van der Waals surface area contributed by atoms with Gasteiger partial charge in [-0.05, 0) is 36.8 Å². The van der Waals surface area contributed by atoms with Crippen LogP contribution in [0.2, 0.25) is 0 Å². The zero-order valence-electron chi connectivity index (χ0n) is 8.64. The Balaban J connectivity index is 2.37. The molecule has 0 radical (unpaired) electrons. The Hall–Kier alpha value is -0.970. The molecule has 1 aliphatic heterocycles. The number of hydrogen-bond acceptors (Lipinski definition) is 3. The second-order valence-corrected chi connectivity index (χ2v) is 5.14. The third-order valence-electron chi connectivity index (χ3n) is 2.87. The van der Waals surface area contributed by atoms with Crippen molar-refractivity contribution in [1.29, 1.82) is 0 Å². The summed E-state index contributed by atoms with van der Waals surface area (Å²) in [4.78, 5) is 11.4. The average Bonchev–Trinajstić information content (AvgIpc) is 2.66. The Kier molecular flexibility index (Phi) is 2.73. The molecule has 0 spiro atoms. The van der Waals surface area contributed by atoms with Gasteiger partial charge in [-0.15, -0.1) is 0 Å². The van der Waals surface area contributed by atoms with Crippen molar-refractivity contribution in [3.8, 4) is 0 Å². The second kappa shape index (κ2) is 3.89. The number of aromatic nitrogens is 2. The van der Waals surface area contributed by atoms with Gasteiger partial charge in [-0.25, -0.2) is 4.79 Å². The van der Waals surface area contributed by atoms with Crippen molar-refractivity contribution in [2.24, 2.45) is 0 Å². The van der Waals surface area contributed by atoms with Crippen molar-refractivity contribution in [3.63, 3.8) is 0 Å². The molecular weight excluding hydrogens is 212 g/mol. The van der Waals surface area contributed by atoms with E-state index in [0.717, 1.165) is 17.1 Å². The Morgan fingerprint density at radius 3 is 2.73 bits per heavy atom. The number of hydrogen-bond donors (Lipinski definition) is 1. The highest BCUT2D eigenvalue weighted by Crippen LogP contribution is 2.33. The number of thioether (sulfide) groups is 1. The third-order valence-corrected chi connectivity index (χ3v) is 3.85. The van der Waals surface area contributed by atoms with Gasteiger partial charge in [0, 0.05) is 6.20 Å². The summed E-state index contributed by atoms with van der Waals surface area (Å²) in [5, 5.41) is 13.5. The lowest BCUT2D eigenvalue weighted by Crippen LogP contribution is -2.45. The summed E-state index contributed by atoms with van der Waals surface area (Å²) in [5.41, 5.74) is 0.202. The molecule has 0 unspecified atom stereocenters. The molecule has 0 aliphatic carbocycles.